The van der Waals surface area contributed by atoms with Crippen molar-refractivity contribution in [3.8, 4) is 0 Å². The summed E-state index contributed by atoms with van der Waals surface area (Å²) in [5.74, 6) is 0.230. The van der Waals surface area contributed by atoms with Crippen LogP contribution in [-0.4, -0.2) is 163 Å². The normalized spacial score (nSPS) is 11.8. The fraction of sp³-hybridized carbons (Fsp3) is 0.966. The molecule has 0 rings (SSSR count). The highest BCUT2D eigenvalue weighted by Crippen LogP contribution is 2.08. The van der Waals surface area contributed by atoms with Gasteiger partial charge in [0.2, 0.25) is 0 Å². The molecule has 0 amide bonds. The van der Waals surface area contributed by atoms with Crippen molar-refractivity contribution in [1.29, 1.82) is 0 Å². The van der Waals surface area contributed by atoms with Gasteiger partial charge in [-0.25, -0.2) is 0 Å². The molecule has 14 heteroatoms. The monoisotopic (exact) mass is 648 g/mol. The molecule has 0 heterocycles. The number of rotatable bonds is 35. The van der Waals surface area contributed by atoms with Crippen LogP contribution in [0.1, 0.15) is 27.2 Å². The highest BCUT2D eigenvalue weighted by molar-refractivity contribution is 6.17. The van der Waals surface area contributed by atoms with E-state index in [9.17, 15) is 4.79 Å². The molecule has 0 radical (unpaired) electrons. The molecule has 0 atom stereocenters. The molecule has 0 spiro atoms. The zero-order valence-electron chi connectivity index (χ0n) is 26.7. The predicted molar refractivity (Wildman–Crippen MR) is 160 cm³/mol. The van der Waals surface area contributed by atoms with Gasteiger partial charge in [-0.2, -0.15) is 0 Å². The van der Waals surface area contributed by atoms with Crippen molar-refractivity contribution in [3.05, 3.63) is 0 Å². The van der Waals surface area contributed by atoms with Crippen LogP contribution < -0.4 is 0 Å². The molecule has 0 N–H and O–H groups in total. The molecule has 0 aliphatic rings. The second kappa shape index (κ2) is 34.2. The summed E-state index contributed by atoms with van der Waals surface area (Å²) in [5.41, 5.74) is -0.473. The van der Waals surface area contributed by atoms with Gasteiger partial charge in [-0.05, 0) is 20.8 Å². The van der Waals surface area contributed by atoms with Crippen molar-refractivity contribution < 1.29 is 61.6 Å². The lowest BCUT2D eigenvalue weighted by atomic mass is 10.2. The molecule has 0 aliphatic heterocycles. The second-order valence-electron chi connectivity index (χ2n) is 9.76. The number of ether oxygens (including phenoxy) is 12. The third-order valence-electron chi connectivity index (χ3n) is 4.81. The SMILES string of the molecule is CC(C)(C)OC(=O)CCOCCOCCOCCOCCOCCOCCOCCOCCOCCOCCOCCCl. The Bertz CT molecular complexity index is 567. The molecular weight excluding hydrogens is 592 g/mol. The molecule has 43 heavy (non-hydrogen) atoms. The Balaban J connectivity index is 3.09. The number of alkyl halides is 1. The molecule has 0 saturated carbocycles. The van der Waals surface area contributed by atoms with Crippen LogP contribution in [0.2, 0.25) is 0 Å². The van der Waals surface area contributed by atoms with Crippen LogP contribution in [0.4, 0.5) is 0 Å². The lowest BCUT2D eigenvalue weighted by molar-refractivity contribution is -0.156. The van der Waals surface area contributed by atoms with E-state index in [1.807, 2.05) is 20.8 Å². The topological polar surface area (TPSA) is 128 Å². The van der Waals surface area contributed by atoms with Gasteiger partial charge in [0.15, 0.2) is 0 Å². The molecular formula is C29H57ClO13. The van der Waals surface area contributed by atoms with Crippen molar-refractivity contribution >= 4 is 17.6 Å². The van der Waals surface area contributed by atoms with Crippen LogP contribution in [0.25, 0.3) is 0 Å². The molecule has 0 bridgehead atoms. The molecule has 0 saturated heterocycles. The second-order valence-corrected chi connectivity index (χ2v) is 10.1. The van der Waals surface area contributed by atoms with Crippen LogP contribution in [0.5, 0.6) is 0 Å². The number of hydrogen-bond donors (Lipinski definition) is 0. The summed E-state index contributed by atoms with van der Waals surface area (Å²) < 4.78 is 64.7. The van der Waals surface area contributed by atoms with Crippen LogP contribution in [0, 0.1) is 0 Å². The lowest BCUT2D eigenvalue weighted by Gasteiger charge is -2.19. The average Bonchev–Trinajstić information content (AvgIpc) is 2.96. The van der Waals surface area contributed by atoms with E-state index >= 15 is 0 Å². The van der Waals surface area contributed by atoms with E-state index in [-0.39, 0.29) is 12.4 Å². The number of carbonyl (C=O) groups is 1. The van der Waals surface area contributed by atoms with Crippen LogP contribution in [-0.2, 0) is 61.6 Å². The van der Waals surface area contributed by atoms with Gasteiger partial charge in [-0.1, -0.05) is 0 Å². The van der Waals surface area contributed by atoms with Crippen molar-refractivity contribution in [2.75, 3.05) is 151 Å². The Morgan fingerprint density at radius 2 is 0.605 bits per heavy atom. The molecule has 0 aromatic carbocycles. The van der Waals surface area contributed by atoms with Crippen LogP contribution in [0.3, 0.4) is 0 Å². The fourth-order valence-electron chi connectivity index (χ4n) is 2.90. The summed E-state index contributed by atoms with van der Waals surface area (Å²) in [5, 5.41) is 0. The van der Waals surface area contributed by atoms with E-state index < -0.39 is 5.60 Å². The molecule has 13 nitrogen and oxygen atoms in total. The first kappa shape index (κ1) is 42.3. The van der Waals surface area contributed by atoms with Crippen LogP contribution in [0.15, 0.2) is 0 Å². The highest BCUT2D eigenvalue weighted by atomic mass is 35.5. The highest BCUT2D eigenvalue weighted by Gasteiger charge is 2.15. The Morgan fingerprint density at radius 3 is 0.814 bits per heavy atom. The molecule has 0 fully saturated rings. The van der Waals surface area contributed by atoms with Gasteiger partial charge in [0.05, 0.1) is 152 Å². The maximum Gasteiger partial charge on any atom is 0.308 e. The smallest absolute Gasteiger partial charge is 0.308 e. The summed E-state index contributed by atoms with van der Waals surface area (Å²) in [6.07, 6.45) is 0.232. The maximum absolute atomic E-state index is 11.5. The third kappa shape index (κ3) is 39.3. The summed E-state index contributed by atoms with van der Waals surface area (Å²) in [6, 6.07) is 0. The Morgan fingerprint density at radius 1 is 0.395 bits per heavy atom. The van der Waals surface area contributed by atoms with E-state index in [1.165, 1.54) is 0 Å². The fourth-order valence-corrected chi connectivity index (χ4v) is 3.01. The first-order chi connectivity index (χ1) is 21.0. The average molecular weight is 649 g/mol. The quantitative estimate of drug-likeness (QED) is 0.0566. The van der Waals surface area contributed by atoms with Gasteiger partial charge >= 0.3 is 5.97 Å². The van der Waals surface area contributed by atoms with E-state index in [4.69, 9.17) is 68.4 Å². The molecule has 0 aromatic heterocycles. The Hall–Kier alpha value is -0.680. The van der Waals surface area contributed by atoms with Gasteiger partial charge in [0.25, 0.3) is 0 Å². The first-order valence-electron chi connectivity index (χ1n) is 15.1. The zero-order chi connectivity index (χ0) is 31.5. The Labute approximate surface area is 263 Å². The third-order valence-corrected chi connectivity index (χ3v) is 4.97. The van der Waals surface area contributed by atoms with Crippen molar-refractivity contribution in [1.82, 2.24) is 0 Å². The molecule has 258 valence electrons. The minimum absolute atomic E-state index is 0.232. The van der Waals surface area contributed by atoms with Crippen molar-refractivity contribution in [2.45, 2.75) is 32.8 Å². The van der Waals surface area contributed by atoms with Gasteiger partial charge < -0.3 is 56.8 Å². The van der Waals surface area contributed by atoms with E-state index in [0.29, 0.717) is 151 Å². The van der Waals surface area contributed by atoms with Gasteiger partial charge in [-0.15, -0.1) is 11.6 Å². The minimum Gasteiger partial charge on any atom is -0.460 e. The van der Waals surface area contributed by atoms with Gasteiger partial charge in [0, 0.05) is 5.88 Å². The number of halogens is 1. The zero-order valence-corrected chi connectivity index (χ0v) is 27.4. The predicted octanol–water partition coefficient (Wildman–Crippen LogP) is 2.14. The Kier molecular flexibility index (Phi) is 33.7. The standard InChI is InChI=1S/C29H57ClO13/c1-29(2,3)43-28(31)4-6-32-8-10-34-12-14-36-16-18-38-20-22-40-24-26-42-27-25-41-23-21-39-19-17-37-15-13-35-11-9-33-7-5-30/h4-27H2,1-3H3. The van der Waals surface area contributed by atoms with Gasteiger partial charge in [-0.3, -0.25) is 4.79 Å². The van der Waals surface area contributed by atoms with E-state index in [2.05, 4.69) is 0 Å². The summed E-state index contributed by atoms with van der Waals surface area (Å²) in [6.45, 7) is 16.3. The lowest BCUT2D eigenvalue weighted by Crippen LogP contribution is -2.24. The molecule has 0 aromatic rings. The number of hydrogen-bond acceptors (Lipinski definition) is 13. The number of esters is 1. The largest absolute Gasteiger partial charge is 0.460 e. The molecule has 0 aliphatic carbocycles. The summed E-state index contributed by atoms with van der Waals surface area (Å²) in [4.78, 5) is 11.5. The minimum atomic E-state index is -0.473. The number of carbonyl (C=O) groups excluding carboxylic acids is 1. The van der Waals surface area contributed by atoms with E-state index in [0.717, 1.165) is 0 Å². The van der Waals surface area contributed by atoms with Crippen LogP contribution >= 0.6 is 11.6 Å². The summed E-state index contributed by atoms with van der Waals surface area (Å²) >= 11 is 5.50. The van der Waals surface area contributed by atoms with Crippen molar-refractivity contribution in [2.24, 2.45) is 0 Å². The van der Waals surface area contributed by atoms with E-state index in [1.54, 1.807) is 0 Å². The molecule has 0 unspecified atom stereocenters. The van der Waals surface area contributed by atoms with Gasteiger partial charge in [0.1, 0.15) is 5.60 Å². The first-order valence-corrected chi connectivity index (χ1v) is 15.6. The summed E-state index contributed by atoms with van der Waals surface area (Å²) in [7, 11) is 0. The van der Waals surface area contributed by atoms with Crippen molar-refractivity contribution in [3.63, 3.8) is 0 Å². The maximum atomic E-state index is 11.5.